The second-order valence-electron chi connectivity index (χ2n) is 6.90. The first-order chi connectivity index (χ1) is 14.6. The highest BCUT2D eigenvalue weighted by molar-refractivity contribution is 6.00. The van der Waals surface area contributed by atoms with Crippen LogP contribution in [-0.2, 0) is 25.3 Å². The monoisotopic (exact) mass is 451 g/mol. The summed E-state index contributed by atoms with van der Waals surface area (Å²) in [5.41, 5.74) is -0.317. The topological polar surface area (TPSA) is 138 Å². The van der Waals surface area contributed by atoms with Gasteiger partial charge in [0.15, 0.2) is 6.10 Å². The maximum atomic E-state index is 12.8. The maximum Gasteiger partial charge on any atom is 0.416 e. The molecule has 1 aliphatic heterocycles. The standard InChI is InChI=1S/C19H24F3NO8/c1-29-9-3-2-4-12(10-5-7-11(8-6-10)19(20,21)22)23-31-18-15(26)13(24)14(25)16(30-18)17(27)28/h5-8,13-16,18,24-26H,2-4,9H2,1H3,(H,27,28)/t13-,14-,15+,16-,18-/m0/s1. The number of carboxylic acids is 1. The normalized spacial score (nSPS) is 27.2. The second kappa shape index (κ2) is 10.9. The molecule has 0 bridgehead atoms. The van der Waals surface area contributed by atoms with Gasteiger partial charge in [0.05, 0.1) is 11.3 Å². The predicted molar refractivity (Wildman–Crippen MR) is 99.1 cm³/mol. The molecule has 1 heterocycles. The molecule has 0 spiro atoms. The number of hydrogen-bond donors (Lipinski definition) is 4. The number of oxime groups is 1. The molecule has 0 amide bonds. The number of methoxy groups -OCH3 is 1. The molecule has 1 aromatic carbocycles. The molecule has 0 unspecified atom stereocenters. The molecule has 0 aromatic heterocycles. The minimum atomic E-state index is -4.51. The Labute approximate surface area is 175 Å². The second-order valence-corrected chi connectivity index (χ2v) is 6.90. The summed E-state index contributed by atoms with van der Waals surface area (Å²) in [6.07, 6.45) is -12.2. The average Bonchev–Trinajstić information content (AvgIpc) is 2.72. The molecule has 0 aliphatic carbocycles. The molecule has 31 heavy (non-hydrogen) atoms. The zero-order valence-corrected chi connectivity index (χ0v) is 16.5. The van der Waals surface area contributed by atoms with Gasteiger partial charge in [-0.1, -0.05) is 17.3 Å². The first-order valence-electron chi connectivity index (χ1n) is 9.38. The first kappa shape index (κ1) is 25.0. The van der Waals surface area contributed by atoms with Gasteiger partial charge in [0.1, 0.15) is 18.3 Å². The number of carbonyl (C=O) groups is 1. The number of aliphatic hydroxyl groups excluding tert-OH is 3. The quantitative estimate of drug-likeness (QED) is 0.249. The fourth-order valence-electron chi connectivity index (χ4n) is 2.89. The summed E-state index contributed by atoms with van der Waals surface area (Å²) in [5, 5.41) is 42.4. The van der Waals surface area contributed by atoms with Gasteiger partial charge in [-0.05, 0) is 37.0 Å². The molecule has 2 rings (SSSR count). The Bertz CT molecular complexity index is 756. The van der Waals surface area contributed by atoms with Crippen LogP contribution in [0.4, 0.5) is 13.2 Å². The number of unbranched alkanes of at least 4 members (excludes halogenated alkanes) is 1. The van der Waals surface area contributed by atoms with Crippen molar-refractivity contribution in [1.82, 2.24) is 0 Å². The summed E-state index contributed by atoms with van der Waals surface area (Å²) < 4.78 is 48.4. The number of aliphatic carboxylic acids is 1. The molecule has 9 nitrogen and oxygen atoms in total. The minimum absolute atomic E-state index is 0.216. The van der Waals surface area contributed by atoms with E-state index in [1.807, 2.05) is 0 Å². The number of alkyl halides is 3. The van der Waals surface area contributed by atoms with Crippen molar-refractivity contribution in [2.24, 2.45) is 5.16 Å². The molecule has 1 saturated heterocycles. The Hall–Kier alpha value is -2.25. The number of rotatable bonds is 9. The third-order valence-electron chi connectivity index (χ3n) is 4.64. The van der Waals surface area contributed by atoms with Crippen molar-refractivity contribution >= 4 is 11.7 Å². The number of halogens is 3. The number of carboxylic acid groups (broad SMARTS) is 1. The molecule has 1 fully saturated rings. The lowest BCUT2D eigenvalue weighted by Crippen LogP contribution is -2.60. The molecule has 5 atom stereocenters. The van der Waals surface area contributed by atoms with Crippen molar-refractivity contribution in [2.75, 3.05) is 13.7 Å². The molecule has 0 radical (unpaired) electrons. The largest absolute Gasteiger partial charge is 0.479 e. The van der Waals surface area contributed by atoms with Crippen LogP contribution in [-0.4, -0.2) is 76.5 Å². The van der Waals surface area contributed by atoms with Gasteiger partial charge < -0.3 is 34.7 Å². The average molecular weight is 451 g/mol. The van der Waals surface area contributed by atoms with E-state index < -0.39 is 48.4 Å². The number of ether oxygens (including phenoxy) is 2. The lowest BCUT2D eigenvalue weighted by molar-refractivity contribution is -0.294. The van der Waals surface area contributed by atoms with E-state index in [0.29, 0.717) is 25.0 Å². The van der Waals surface area contributed by atoms with Crippen molar-refractivity contribution in [1.29, 1.82) is 0 Å². The number of hydrogen-bond acceptors (Lipinski definition) is 8. The van der Waals surface area contributed by atoms with Gasteiger partial charge in [-0.3, -0.25) is 0 Å². The molecule has 1 aliphatic rings. The Kier molecular flexibility index (Phi) is 8.77. The van der Waals surface area contributed by atoms with Gasteiger partial charge in [-0.15, -0.1) is 0 Å². The molecular formula is C19H24F3NO8. The van der Waals surface area contributed by atoms with E-state index in [9.17, 15) is 33.3 Å². The number of aliphatic hydroxyl groups is 3. The Morgan fingerprint density at radius 2 is 1.74 bits per heavy atom. The van der Waals surface area contributed by atoms with Gasteiger partial charge in [0.2, 0.25) is 0 Å². The summed E-state index contributed by atoms with van der Waals surface area (Å²) in [5.74, 6) is -1.58. The van der Waals surface area contributed by atoms with Crippen molar-refractivity contribution in [3.05, 3.63) is 35.4 Å². The summed E-state index contributed by atoms with van der Waals surface area (Å²) in [6, 6.07) is 4.18. The van der Waals surface area contributed by atoms with E-state index in [1.54, 1.807) is 0 Å². The Balaban J connectivity index is 2.21. The summed E-state index contributed by atoms with van der Waals surface area (Å²) >= 11 is 0. The molecular weight excluding hydrogens is 427 g/mol. The highest BCUT2D eigenvalue weighted by Crippen LogP contribution is 2.29. The zero-order chi connectivity index (χ0) is 23.2. The van der Waals surface area contributed by atoms with Gasteiger partial charge >= 0.3 is 12.1 Å². The van der Waals surface area contributed by atoms with E-state index in [1.165, 1.54) is 19.2 Å². The number of benzene rings is 1. The van der Waals surface area contributed by atoms with Crippen LogP contribution >= 0.6 is 0 Å². The minimum Gasteiger partial charge on any atom is -0.479 e. The SMILES string of the molecule is COCCCCC(=NO[C@@H]1O[C@H](C(=O)O)[C@@H](O)[C@H](O)[C@H]1O)c1ccc(C(F)(F)F)cc1. The van der Waals surface area contributed by atoms with Gasteiger partial charge in [-0.2, -0.15) is 13.2 Å². The summed E-state index contributed by atoms with van der Waals surface area (Å²) in [4.78, 5) is 16.3. The van der Waals surface area contributed by atoms with Crippen molar-refractivity contribution in [3.63, 3.8) is 0 Å². The Morgan fingerprint density at radius 3 is 2.29 bits per heavy atom. The summed E-state index contributed by atoms with van der Waals surface area (Å²) in [7, 11) is 1.52. The van der Waals surface area contributed by atoms with Gasteiger partial charge in [0.25, 0.3) is 6.29 Å². The first-order valence-corrected chi connectivity index (χ1v) is 9.38. The van der Waals surface area contributed by atoms with Crippen LogP contribution in [0.2, 0.25) is 0 Å². The van der Waals surface area contributed by atoms with Crippen LogP contribution in [0.5, 0.6) is 0 Å². The molecule has 1 aromatic rings. The Morgan fingerprint density at radius 1 is 1.10 bits per heavy atom. The predicted octanol–water partition coefficient (Wildman–Crippen LogP) is 1.14. The molecule has 12 heteroatoms. The van der Waals surface area contributed by atoms with E-state index in [4.69, 9.17) is 19.4 Å². The lowest BCUT2D eigenvalue weighted by Gasteiger charge is -2.37. The highest BCUT2D eigenvalue weighted by Gasteiger charge is 2.48. The highest BCUT2D eigenvalue weighted by atomic mass is 19.4. The van der Waals surface area contributed by atoms with Crippen LogP contribution in [0.3, 0.4) is 0 Å². The van der Waals surface area contributed by atoms with Crippen LogP contribution in [0.15, 0.2) is 29.4 Å². The maximum absolute atomic E-state index is 12.8. The van der Waals surface area contributed by atoms with Crippen LogP contribution < -0.4 is 0 Å². The van der Waals surface area contributed by atoms with E-state index >= 15 is 0 Å². The van der Waals surface area contributed by atoms with Gasteiger partial charge in [0, 0.05) is 13.7 Å². The van der Waals surface area contributed by atoms with Crippen molar-refractivity contribution < 1.29 is 52.7 Å². The summed E-state index contributed by atoms with van der Waals surface area (Å²) in [6.45, 7) is 0.454. The zero-order valence-electron chi connectivity index (χ0n) is 16.5. The van der Waals surface area contributed by atoms with E-state index in [0.717, 1.165) is 12.1 Å². The molecule has 4 N–H and O–H groups in total. The fraction of sp³-hybridized carbons (Fsp3) is 0.579. The molecule has 174 valence electrons. The van der Waals surface area contributed by atoms with Crippen LogP contribution in [0, 0.1) is 0 Å². The van der Waals surface area contributed by atoms with Crippen molar-refractivity contribution in [3.8, 4) is 0 Å². The van der Waals surface area contributed by atoms with Crippen molar-refractivity contribution in [2.45, 2.75) is 56.1 Å². The third-order valence-corrected chi connectivity index (χ3v) is 4.64. The smallest absolute Gasteiger partial charge is 0.416 e. The number of nitrogens with zero attached hydrogens (tertiary/aromatic N) is 1. The molecule has 0 saturated carbocycles. The van der Waals surface area contributed by atoms with Crippen LogP contribution in [0.1, 0.15) is 30.4 Å². The fourth-order valence-corrected chi connectivity index (χ4v) is 2.89. The van der Waals surface area contributed by atoms with Gasteiger partial charge in [-0.25, -0.2) is 4.79 Å². The lowest BCUT2D eigenvalue weighted by atomic mass is 9.99. The van der Waals surface area contributed by atoms with E-state index in [-0.39, 0.29) is 12.1 Å². The van der Waals surface area contributed by atoms with Crippen LogP contribution in [0.25, 0.3) is 0 Å². The van der Waals surface area contributed by atoms with E-state index in [2.05, 4.69) is 5.16 Å². The third kappa shape index (κ3) is 6.61.